The van der Waals surface area contributed by atoms with Gasteiger partial charge in [0.2, 0.25) is 0 Å². The number of benzene rings is 2. The molecule has 1 aromatic heterocycles. The quantitative estimate of drug-likeness (QED) is 0.615. The molecule has 0 saturated carbocycles. The van der Waals surface area contributed by atoms with Crippen LogP contribution >= 0.6 is 0 Å². The number of rotatable bonds is 4. The molecule has 7 heteroatoms. The Morgan fingerprint density at radius 2 is 1.69 bits per heavy atom. The highest BCUT2D eigenvalue weighted by atomic mass is 16.4. The Kier molecular flexibility index (Phi) is 5.26. The summed E-state index contributed by atoms with van der Waals surface area (Å²) in [6.45, 7) is 9.81. The Bertz CT molecular complexity index is 1310. The first-order chi connectivity index (χ1) is 15.2. The Balaban J connectivity index is 1.70. The molecule has 0 radical (unpaired) electrons. The lowest BCUT2D eigenvalue weighted by Crippen LogP contribution is -2.21. The number of hydrogen-bond donors (Lipinski definition) is 1. The van der Waals surface area contributed by atoms with Gasteiger partial charge in [0, 0.05) is 11.3 Å². The number of carbonyl (C=O) groups excluding carboxylic acids is 1. The van der Waals surface area contributed by atoms with Gasteiger partial charge in [-0.25, -0.2) is 9.48 Å². The van der Waals surface area contributed by atoms with Gasteiger partial charge in [-0.05, 0) is 76.6 Å². The molecule has 162 valence electrons. The molecule has 2 aromatic carbocycles. The van der Waals surface area contributed by atoms with Crippen LogP contribution in [-0.2, 0) is 4.79 Å². The van der Waals surface area contributed by atoms with Crippen LogP contribution in [0, 0.1) is 27.7 Å². The van der Waals surface area contributed by atoms with Crippen LogP contribution in [0.15, 0.2) is 53.1 Å². The molecule has 1 aliphatic rings. The Hall–Kier alpha value is -4.00. The summed E-state index contributed by atoms with van der Waals surface area (Å²) in [4.78, 5) is 24.2. The number of amides is 1. The van der Waals surface area contributed by atoms with Crippen LogP contribution in [0.4, 0.5) is 5.69 Å². The third-order valence-corrected chi connectivity index (χ3v) is 5.64. The standard InChI is InChI=1S/C25H24N4O3/c1-14-6-11-23(15(2)12-14)28-18(5)21(16(3)26-28)13-22-17(4)27-29(24(22)30)20-9-7-19(8-10-20)25(31)32/h6-13H,1-5H3,(H,31,32)/b22-13-. The van der Waals surface area contributed by atoms with E-state index in [-0.39, 0.29) is 11.5 Å². The highest BCUT2D eigenvalue weighted by Gasteiger charge is 2.29. The van der Waals surface area contributed by atoms with Crippen molar-refractivity contribution in [3.8, 4) is 5.69 Å². The van der Waals surface area contributed by atoms with Gasteiger partial charge in [-0.3, -0.25) is 4.79 Å². The van der Waals surface area contributed by atoms with Crippen molar-refractivity contribution in [3.05, 3.63) is 81.7 Å². The summed E-state index contributed by atoms with van der Waals surface area (Å²) in [5.74, 6) is -1.28. The number of nitrogens with zero attached hydrogens (tertiary/aromatic N) is 4. The smallest absolute Gasteiger partial charge is 0.335 e. The van der Waals surface area contributed by atoms with E-state index < -0.39 is 5.97 Å². The summed E-state index contributed by atoms with van der Waals surface area (Å²) in [6, 6.07) is 12.3. The minimum absolute atomic E-state index is 0.155. The van der Waals surface area contributed by atoms with Gasteiger partial charge in [-0.15, -0.1) is 0 Å². The summed E-state index contributed by atoms with van der Waals surface area (Å²) in [6.07, 6.45) is 1.84. The molecule has 1 aliphatic heterocycles. The molecule has 0 aliphatic carbocycles. The van der Waals surface area contributed by atoms with Crippen LogP contribution in [0.1, 0.15) is 45.4 Å². The molecule has 4 rings (SSSR count). The predicted octanol–water partition coefficient (Wildman–Crippen LogP) is 4.61. The summed E-state index contributed by atoms with van der Waals surface area (Å²) >= 11 is 0. The summed E-state index contributed by atoms with van der Waals surface area (Å²) in [5, 5.41) is 19.5. The molecule has 32 heavy (non-hydrogen) atoms. The van der Waals surface area contributed by atoms with Gasteiger partial charge in [0.1, 0.15) is 0 Å². The number of carboxylic acid groups (broad SMARTS) is 1. The second kappa shape index (κ2) is 7.92. The first kappa shape index (κ1) is 21.2. The molecule has 2 heterocycles. The number of hydrazone groups is 1. The molecule has 0 bridgehead atoms. The fraction of sp³-hybridized carbons (Fsp3) is 0.200. The summed E-state index contributed by atoms with van der Waals surface area (Å²) in [7, 11) is 0. The SMILES string of the molecule is CC1=NN(c2ccc(C(=O)O)cc2)C(=O)/C1=C\c1c(C)nn(-c2ccc(C)cc2C)c1C. The monoisotopic (exact) mass is 428 g/mol. The maximum atomic E-state index is 13.1. The topological polar surface area (TPSA) is 87.8 Å². The minimum atomic E-state index is -1.02. The van der Waals surface area contributed by atoms with Crippen LogP contribution < -0.4 is 5.01 Å². The average molecular weight is 428 g/mol. The van der Waals surface area contributed by atoms with E-state index in [9.17, 15) is 9.59 Å². The largest absolute Gasteiger partial charge is 0.478 e. The first-order valence-electron chi connectivity index (χ1n) is 10.3. The van der Waals surface area contributed by atoms with Gasteiger partial charge in [-0.1, -0.05) is 17.7 Å². The van der Waals surface area contributed by atoms with Crippen molar-refractivity contribution >= 4 is 29.4 Å². The second-order valence-corrected chi connectivity index (χ2v) is 8.00. The summed E-state index contributed by atoms with van der Waals surface area (Å²) in [5.41, 5.74) is 7.70. The molecule has 0 saturated heterocycles. The number of carbonyl (C=O) groups is 2. The maximum Gasteiger partial charge on any atom is 0.335 e. The van der Waals surface area contributed by atoms with Crippen LogP contribution in [0.2, 0.25) is 0 Å². The fourth-order valence-corrected chi connectivity index (χ4v) is 3.89. The van der Waals surface area contributed by atoms with Gasteiger partial charge in [-0.2, -0.15) is 15.2 Å². The molecule has 0 fully saturated rings. The Morgan fingerprint density at radius 3 is 2.31 bits per heavy atom. The van der Waals surface area contributed by atoms with Crippen molar-refractivity contribution in [1.29, 1.82) is 0 Å². The van der Waals surface area contributed by atoms with Crippen molar-refractivity contribution in [2.24, 2.45) is 5.10 Å². The van der Waals surface area contributed by atoms with Crippen molar-refractivity contribution in [2.75, 3.05) is 5.01 Å². The normalized spacial score (nSPS) is 14.9. The molecule has 0 atom stereocenters. The number of aryl methyl sites for hydroxylation is 3. The van der Waals surface area contributed by atoms with Gasteiger partial charge in [0.15, 0.2) is 0 Å². The Morgan fingerprint density at radius 1 is 1.00 bits per heavy atom. The van der Waals surface area contributed by atoms with Gasteiger partial charge < -0.3 is 5.11 Å². The second-order valence-electron chi connectivity index (χ2n) is 8.00. The van der Waals surface area contributed by atoms with E-state index in [4.69, 9.17) is 10.2 Å². The van der Waals surface area contributed by atoms with E-state index >= 15 is 0 Å². The van der Waals surface area contributed by atoms with Crippen LogP contribution in [0.25, 0.3) is 11.8 Å². The zero-order valence-electron chi connectivity index (χ0n) is 18.7. The highest BCUT2D eigenvalue weighted by Crippen LogP contribution is 2.28. The first-order valence-corrected chi connectivity index (χ1v) is 10.3. The van der Waals surface area contributed by atoms with Crippen molar-refractivity contribution < 1.29 is 14.7 Å². The van der Waals surface area contributed by atoms with Gasteiger partial charge in [0.25, 0.3) is 5.91 Å². The van der Waals surface area contributed by atoms with Gasteiger partial charge in [0.05, 0.1) is 33.9 Å². The van der Waals surface area contributed by atoms with Crippen molar-refractivity contribution in [3.63, 3.8) is 0 Å². The van der Waals surface area contributed by atoms with E-state index in [1.165, 1.54) is 22.7 Å². The molecule has 0 unspecified atom stereocenters. The number of hydrogen-bond acceptors (Lipinski definition) is 4. The van der Waals surface area contributed by atoms with E-state index in [0.717, 1.165) is 28.2 Å². The average Bonchev–Trinajstić information content (AvgIpc) is 3.18. The fourth-order valence-electron chi connectivity index (χ4n) is 3.89. The maximum absolute atomic E-state index is 13.1. The lowest BCUT2D eigenvalue weighted by Gasteiger charge is -2.12. The minimum Gasteiger partial charge on any atom is -0.478 e. The molecule has 0 spiro atoms. The Labute approximate surface area is 186 Å². The van der Waals surface area contributed by atoms with Crippen molar-refractivity contribution in [1.82, 2.24) is 9.78 Å². The van der Waals surface area contributed by atoms with Crippen molar-refractivity contribution in [2.45, 2.75) is 34.6 Å². The third kappa shape index (κ3) is 3.62. The zero-order valence-corrected chi connectivity index (χ0v) is 18.7. The van der Waals surface area contributed by atoms with Crippen LogP contribution in [-0.4, -0.2) is 32.5 Å². The van der Waals surface area contributed by atoms with E-state index in [1.54, 1.807) is 19.1 Å². The number of anilines is 1. The molecular formula is C25H24N4O3. The molecule has 1 N–H and O–H groups in total. The lowest BCUT2D eigenvalue weighted by atomic mass is 10.1. The highest BCUT2D eigenvalue weighted by molar-refractivity contribution is 6.32. The predicted molar refractivity (Wildman–Crippen MR) is 124 cm³/mol. The zero-order chi connectivity index (χ0) is 23.2. The number of aromatic carboxylic acids is 1. The van der Waals surface area contributed by atoms with Crippen LogP contribution in [0.3, 0.4) is 0 Å². The molecule has 7 nitrogen and oxygen atoms in total. The summed E-state index contributed by atoms with van der Waals surface area (Å²) < 4.78 is 1.91. The van der Waals surface area contributed by atoms with Gasteiger partial charge >= 0.3 is 5.97 Å². The van der Waals surface area contributed by atoms with Crippen LogP contribution in [0.5, 0.6) is 0 Å². The molecule has 3 aromatic rings. The number of aromatic nitrogens is 2. The molecular weight excluding hydrogens is 404 g/mol. The lowest BCUT2D eigenvalue weighted by molar-refractivity contribution is -0.114. The molecule has 1 amide bonds. The van der Waals surface area contributed by atoms with E-state index in [0.29, 0.717) is 17.0 Å². The van der Waals surface area contributed by atoms with E-state index in [1.807, 2.05) is 24.6 Å². The number of carboxylic acids is 1. The van der Waals surface area contributed by atoms with E-state index in [2.05, 4.69) is 37.1 Å². The third-order valence-electron chi connectivity index (χ3n) is 5.64.